The summed E-state index contributed by atoms with van der Waals surface area (Å²) in [5, 5.41) is 15.9. The van der Waals surface area contributed by atoms with Gasteiger partial charge in [0.05, 0.1) is 12.1 Å². The van der Waals surface area contributed by atoms with Crippen molar-refractivity contribution < 1.29 is 19.1 Å². The topological polar surface area (TPSA) is 84.9 Å². The minimum atomic E-state index is -0.693. The van der Waals surface area contributed by atoms with Crippen LogP contribution in [0.25, 0.3) is 0 Å². The van der Waals surface area contributed by atoms with E-state index in [0.29, 0.717) is 23.6 Å². The van der Waals surface area contributed by atoms with Gasteiger partial charge in [0.15, 0.2) is 0 Å². The SMILES string of the molecule is CNC(=O)N1C[C@@H](O)C[C@@H](N(C(=O)NCc2cc(C)c(Cl)cc2F)C2CC2)C1. The second kappa shape index (κ2) is 8.53. The molecule has 1 heterocycles. The number of piperidine rings is 1. The number of aliphatic hydroxyl groups is 1. The van der Waals surface area contributed by atoms with Crippen molar-refractivity contribution >= 4 is 23.7 Å². The number of nitrogens with zero attached hydrogens (tertiary/aromatic N) is 2. The third kappa shape index (κ3) is 4.67. The van der Waals surface area contributed by atoms with Crippen LogP contribution in [0.1, 0.15) is 30.4 Å². The molecule has 2 fully saturated rings. The lowest BCUT2D eigenvalue weighted by Gasteiger charge is -2.41. The fourth-order valence-corrected chi connectivity index (χ4v) is 3.82. The number of halogens is 2. The molecule has 0 aromatic heterocycles. The third-order valence-corrected chi connectivity index (χ3v) is 5.64. The Morgan fingerprint density at radius 1 is 1.32 bits per heavy atom. The Kier molecular flexibility index (Phi) is 6.30. The Morgan fingerprint density at radius 2 is 2.04 bits per heavy atom. The molecule has 1 aliphatic carbocycles. The summed E-state index contributed by atoms with van der Waals surface area (Å²) in [4.78, 5) is 28.1. The van der Waals surface area contributed by atoms with Crippen LogP contribution < -0.4 is 10.6 Å². The number of carbonyl (C=O) groups excluding carboxylic acids is 2. The zero-order valence-electron chi connectivity index (χ0n) is 16.0. The Labute approximate surface area is 168 Å². The van der Waals surface area contributed by atoms with Crippen LogP contribution in [-0.4, -0.2) is 65.3 Å². The molecule has 0 radical (unpaired) electrons. The minimum Gasteiger partial charge on any atom is -0.391 e. The predicted octanol–water partition coefficient (Wildman–Crippen LogP) is 2.24. The highest BCUT2D eigenvalue weighted by Crippen LogP contribution is 2.31. The van der Waals surface area contributed by atoms with E-state index in [9.17, 15) is 19.1 Å². The molecule has 0 bridgehead atoms. The van der Waals surface area contributed by atoms with Gasteiger partial charge in [-0.25, -0.2) is 14.0 Å². The van der Waals surface area contributed by atoms with Crippen LogP contribution in [0, 0.1) is 12.7 Å². The number of rotatable bonds is 4. The fourth-order valence-electron chi connectivity index (χ4n) is 3.67. The molecule has 2 atom stereocenters. The van der Waals surface area contributed by atoms with E-state index in [2.05, 4.69) is 10.6 Å². The van der Waals surface area contributed by atoms with Crippen LogP contribution >= 0.6 is 11.6 Å². The van der Waals surface area contributed by atoms with Crippen molar-refractivity contribution in [3.8, 4) is 0 Å². The number of benzene rings is 1. The molecule has 1 saturated carbocycles. The Hall–Kier alpha value is -2.06. The van der Waals surface area contributed by atoms with Gasteiger partial charge in [0.2, 0.25) is 0 Å². The number of likely N-dealkylation sites (tertiary alicyclic amines) is 1. The van der Waals surface area contributed by atoms with Crippen molar-refractivity contribution in [2.75, 3.05) is 20.1 Å². The number of carbonyl (C=O) groups is 2. The van der Waals surface area contributed by atoms with Gasteiger partial charge >= 0.3 is 12.1 Å². The summed E-state index contributed by atoms with van der Waals surface area (Å²) in [6.45, 7) is 2.42. The van der Waals surface area contributed by atoms with Crippen molar-refractivity contribution in [2.45, 2.75) is 50.9 Å². The lowest BCUT2D eigenvalue weighted by Crippen LogP contribution is -2.59. The molecule has 3 N–H and O–H groups in total. The van der Waals surface area contributed by atoms with Gasteiger partial charge in [-0.15, -0.1) is 0 Å². The average Bonchev–Trinajstić information content (AvgIpc) is 3.47. The lowest BCUT2D eigenvalue weighted by molar-refractivity contribution is 0.0356. The van der Waals surface area contributed by atoms with E-state index in [-0.39, 0.29) is 37.2 Å². The zero-order chi connectivity index (χ0) is 20.4. The van der Waals surface area contributed by atoms with Gasteiger partial charge in [-0.1, -0.05) is 11.6 Å². The molecule has 0 spiro atoms. The summed E-state index contributed by atoms with van der Waals surface area (Å²) >= 11 is 5.92. The van der Waals surface area contributed by atoms with Crippen LogP contribution in [0.5, 0.6) is 0 Å². The first-order chi connectivity index (χ1) is 13.3. The van der Waals surface area contributed by atoms with Gasteiger partial charge in [-0.05, 0) is 43.9 Å². The van der Waals surface area contributed by atoms with Crippen LogP contribution in [-0.2, 0) is 6.54 Å². The Morgan fingerprint density at radius 3 is 2.68 bits per heavy atom. The minimum absolute atomic E-state index is 0.0420. The normalized spacial score (nSPS) is 22.0. The summed E-state index contributed by atoms with van der Waals surface area (Å²) < 4.78 is 14.1. The molecule has 9 heteroatoms. The molecule has 3 rings (SSSR count). The highest BCUT2D eigenvalue weighted by Gasteiger charge is 2.41. The molecular weight excluding hydrogens is 387 g/mol. The van der Waals surface area contributed by atoms with Crippen molar-refractivity contribution in [2.24, 2.45) is 0 Å². The number of nitrogens with one attached hydrogen (secondary N) is 2. The smallest absolute Gasteiger partial charge is 0.318 e. The van der Waals surface area contributed by atoms with Crippen LogP contribution in [0.4, 0.5) is 14.0 Å². The van der Waals surface area contributed by atoms with Crippen LogP contribution in [0.3, 0.4) is 0 Å². The summed E-state index contributed by atoms with van der Waals surface area (Å²) in [6, 6.07) is 2.07. The van der Waals surface area contributed by atoms with Gasteiger partial charge in [0, 0.05) is 43.3 Å². The number of β-amino-alcohol motifs (C(OH)–C–C–N with tert-alkyl or cyclic N) is 1. The number of urea groups is 2. The monoisotopic (exact) mass is 412 g/mol. The van der Waals surface area contributed by atoms with Crippen molar-refractivity contribution in [1.29, 1.82) is 0 Å². The van der Waals surface area contributed by atoms with E-state index in [4.69, 9.17) is 11.6 Å². The average molecular weight is 413 g/mol. The number of amides is 4. The predicted molar refractivity (Wildman–Crippen MR) is 104 cm³/mol. The number of aryl methyl sites for hydroxylation is 1. The summed E-state index contributed by atoms with van der Waals surface area (Å²) in [6.07, 6.45) is 1.48. The van der Waals surface area contributed by atoms with Crippen molar-refractivity contribution in [1.82, 2.24) is 20.4 Å². The highest BCUT2D eigenvalue weighted by atomic mass is 35.5. The van der Waals surface area contributed by atoms with Gasteiger partial charge in [-0.3, -0.25) is 0 Å². The van der Waals surface area contributed by atoms with E-state index in [1.165, 1.54) is 18.0 Å². The maximum Gasteiger partial charge on any atom is 0.318 e. The summed E-state index contributed by atoms with van der Waals surface area (Å²) in [5.74, 6) is -0.465. The molecule has 28 heavy (non-hydrogen) atoms. The molecule has 2 aliphatic rings. The van der Waals surface area contributed by atoms with E-state index >= 15 is 0 Å². The van der Waals surface area contributed by atoms with Gasteiger partial charge in [-0.2, -0.15) is 0 Å². The van der Waals surface area contributed by atoms with Gasteiger partial charge < -0.3 is 25.5 Å². The van der Waals surface area contributed by atoms with Crippen LogP contribution in [0.15, 0.2) is 12.1 Å². The molecular formula is C19H26ClFN4O3. The quantitative estimate of drug-likeness (QED) is 0.709. The number of hydrogen-bond donors (Lipinski definition) is 3. The highest BCUT2D eigenvalue weighted by molar-refractivity contribution is 6.31. The second-order valence-corrected chi connectivity index (χ2v) is 7.90. The van der Waals surface area contributed by atoms with Crippen molar-refractivity contribution in [3.05, 3.63) is 34.1 Å². The molecule has 7 nitrogen and oxygen atoms in total. The first kappa shape index (κ1) is 20.7. The molecule has 4 amide bonds. The Balaban J connectivity index is 1.69. The molecule has 1 saturated heterocycles. The zero-order valence-corrected chi connectivity index (χ0v) is 16.8. The second-order valence-electron chi connectivity index (χ2n) is 7.49. The fraction of sp³-hybridized carbons (Fsp3) is 0.579. The molecule has 154 valence electrons. The third-order valence-electron chi connectivity index (χ3n) is 5.23. The van der Waals surface area contributed by atoms with E-state index in [1.807, 2.05) is 0 Å². The van der Waals surface area contributed by atoms with E-state index < -0.39 is 11.9 Å². The first-order valence-electron chi connectivity index (χ1n) is 9.45. The molecule has 0 unspecified atom stereocenters. The maximum atomic E-state index is 14.1. The molecule has 1 aromatic rings. The largest absolute Gasteiger partial charge is 0.391 e. The summed E-state index contributed by atoms with van der Waals surface area (Å²) in [7, 11) is 1.53. The van der Waals surface area contributed by atoms with E-state index in [0.717, 1.165) is 18.4 Å². The summed E-state index contributed by atoms with van der Waals surface area (Å²) in [5.41, 5.74) is 1.10. The molecule has 1 aromatic carbocycles. The van der Waals surface area contributed by atoms with Crippen molar-refractivity contribution in [3.63, 3.8) is 0 Å². The number of hydrogen-bond acceptors (Lipinski definition) is 3. The van der Waals surface area contributed by atoms with E-state index in [1.54, 1.807) is 17.9 Å². The lowest BCUT2D eigenvalue weighted by atomic mass is 10.0. The standard InChI is InChI=1S/C19H26ClFN4O3/c1-11-5-12(17(21)7-16(11)20)8-23-19(28)25(13-3-4-13)14-6-15(26)10-24(9-14)18(27)22-2/h5,7,13-15,26H,3-4,6,8-10H2,1-2H3,(H,22,27)(H,23,28)/t14-,15+/m1/s1. The molecule has 1 aliphatic heterocycles. The van der Waals surface area contributed by atoms with Gasteiger partial charge in [0.25, 0.3) is 0 Å². The Bertz CT molecular complexity index is 759. The van der Waals surface area contributed by atoms with Crippen LogP contribution in [0.2, 0.25) is 5.02 Å². The first-order valence-corrected chi connectivity index (χ1v) is 9.83. The maximum absolute atomic E-state index is 14.1. The van der Waals surface area contributed by atoms with Gasteiger partial charge in [0.1, 0.15) is 5.82 Å². The number of aliphatic hydroxyl groups excluding tert-OH is 1.